The van der Waals surface area contributed by atoms with E-state index in [0.717, 1.165) is 34.1 Å². The fourth-order valence-electron chi connectivity index (χ4n) is 4.09. The zero-order chi connectivity index (χ0) is 29.6. The molecule has 2 amide bonds. The molecule has 1 fully saturated rings. The van der Waals surface area contributed by atoms with Gasteiger partial charge in [0.15, 0.2) is 33.7 Å². The summed E-state index contributed by atoms with van der Waals surface area (Å²) in [5.74, 6) is -7.72. The van der Waals surface area contributed by atoms with Gasteiger partial charge >= 0.3 is 29.6 Å². The molecule has 0 saturated carbocycles. The second kappa shape index (κ2) is 12.9. The van der Waals surface area contributed by atoms with Gasteiger partial charge in [-0.15, -0.1) is 46.2 Å². The summed E-state index contributed by atoms with van der Waals surface area (Å²) in [7, 11) is 1.22. The molecule has 0 unspecified atom stereocenters. The number of thioether (sulfide) groups is 2. The van der Waals surface area contributed by atoms with Gasteiger partial charge in [0.25, 0.3) is 11.8 Å². The molecule has 4 heterocycles. The Bertz CT molecular complexity index is 1750. The van der Waals surface area contributed by atoms with Crippen LogP contribution in [0.4, 0.5) is 18.3 Å². The number of rotatable bonds is 8. The number of hydrogen-bond donors (Lipinski definition) is 2. The first kappa shape index (κ1) is 32.3. The number of nitrogens with two attached hydrogens (primary N) is 1. The Kier molecular flexibility index (Phi) is 9.96. The number of carbonyl (C=O) groups is 3. The number of thiazole rings is 1. The van der Waals surface area contributed by atoms with Crippen LogP contribution in [-0.4, -0.2) is 63.4 Å². The van der Waals surface area contributed by atoms with E-state index in [4.69, 9.17) is 10.6 Å². The van der Waals surface area contributed by atoms with Crippen molar-refractivity contribution in [2.45, 2.75) is 15.6 Å². The number of fused-ring (bicyclic) bond motifs is 2. The van der Waals surface area contributed by atoms with Gasteiger partial charge in [0, 0.05) is 28.3 Å². The number of aliphatic carboxylic acids is 1. The molecule has 2 atom stereocenters. The predicted octanol–water partition coefficient (Wildman–Crippen LogP) is -1.73. The smallest absolute Gasteiger partial charge is 0.543 e. The maximum atomic E-state index is 14.3. The van der Waals surface area contributed by atoms with E-state index < -0.39 is 52.1 Å². The third-order valence-corrected chi connectivity index (χ3v) is 10.3. The molecule has 3 aromatic rings. The molecule has 42 heavy (non-hydrogen) atoms. The normalized spacial score (nSPS) is 18.3. The van der Waals surface area contributed by atoms with Crippen LogP contribution >= 0.6 is 46.2 Å². The van der Waals surface area contributed by atoms with Gasteiger partial charge in [-0.3, -0.25) is 19.3 Å². The van der Waals surface area contributed by atoms with Gasteiger partial charge < -0.3 is 25.8 Å². The number of halogens is 3. The van der Waals surface area contributed by atoms with Gasteiger partial charge in [-0.2, -0.15) is 0 Å². The van der Waals surface area contributed by atoms with Crippen LogP contribution in [0.25, 0.3) is 10.1 Å². The van der Waals surface area contributed by atoms with Gasteiger partial charge in [0.05, 0.1) is 20.6 Å². The topological polar surface area (TPSA) is 167 Å². The molecule has 1 aromatic carbocycles. The molecule has 5 rings (SSSR count). The van der Waals surface area contributed by atoms with Crippen LogP contribution in [0.5, 0.6) is 0 Å². The zero-order valence-electron chi connectivity index (χ0n) is 21.4. The zero-order valence-corrected chi connectivity index (χ0v) is 26.7. The Morgan fingerprint density at radius 1 is 1.29 bits per heavy atom. The summed E-state index contributed by atoms with van der Waals surface area (Å²) < 4.78 is 41.4. The van der Waals surface area contributed by atoms with Crippen molar-refractivity contribution < 1.29 is 67.1 Å². The van der Waals surface area contributed by atoms with E-state index in [1.54, 1.807) is 0 Å². The summed E-state index contributed by atoms with van der Waals surface area (Å²) in [6, 6.07) is 0.650. The summed E-state index contributed by atoms with van der Waals surface area (Å²) in [5, 5.41) is 18.8. The number of carbonyl (C=O) groups excluding carboxylic acids is 3. The Labute approximate surface area is 272 Å². The molecule has 11 nitrogen and oxygen atoms in total. The van der Waals surface area contributed by atoms with Crippen LogP contribution in [-0.2, 0) is 19.2 Å². The summed E-state index contributed by atoms with van der Waals surface area (Å²) in [6.07, 6.45) is 0. The predicted molar refractivity (Wildman–Crippen MR) is 146 cm³/mol. The Morgan fingerprint density at radius 3 is 2.67 bits per heavy atom. The number of nitrogen functional groups attached to an aromatic ring is 1. The van der Waals surface area contributed by atoms with Crippen molar-refractivity contribution in [3.05, 3.63) is 62.2 Å². The van der Waals surface area contributed by atoms with E-state index in [9.17, 15) is 37.5 Å². The number of β-lactam (4-membered cyclic amide) rings is 1. The van der Waals surface area contributed by atoms with Gasteiger partial charge in [-0.05, 0) is 11.6 Å². The van der Waals surface area contributed by atoms with E-state index in [1.165, 1.54) is 24.3 Å². The second-order valence-corrected chi connectivity index (χ2v) is 12.7. The van der Waals surface area contributed by atoms with Crippen LogP contribution in [0.2, 0.25) is 0 Å². The first-order chi connectivity index (χ1) is 19.5. The maximum Gasteiger partial charge on any atom is 1.00 e. The maximum absolute atomic E-state index is 14.3. The molecule has 2 aliphatic rings. The number of amides is 2. The standard InChI is InChI=1S/C23H16F3N5O6S4.Na/c1-37-30-15(10-6-40-23(27)28-10)19(33)29-16-20(34)31-17(22(35)36)7(5-39-21(16)31)4-38-12-3-11(32)8-2-9(24)13(25)14(26)18(8)41-12;/h2-3,6,16,21H,4-5H2,1H3,(H2,27,28)(H,29,33)(H,35,36);/q;+1/p-1/b30-15-;/t16-,21+;/m1./s1. The molecule has 0 aliphatic carbocycles. The molecule has 1 saturated heterocycles. The Morgan fingerprint density at radius 2 is 2.02 bits per heavy atom. The molecule has 214 valence electrons. The van der Waals surface area contributed by atoms with Crippen LogP contribution in [0, 0.1) is 17.5 Å². The molecular weight excluding hydrogens is 651 g/mol. The van der Waals surface area contributed by atoms with Crippen LogP contribution < -0.4 is 51.1 Å². The minimum atomic E-state index is -1.71. The molecule has 0 radical (unpaired) electrons. The summed E-state index contributed by atoms with van der Waals surface area (Å²) in [4.78, 5) is 60.0. The second-order valence-electron chi connectivity index (χ2n) is 8.38. The number of hydrogen-bond acceptors (Lipinski definition) is 13. The number of carboxylic acids is 1. The van der Waals surface area contributed by atoms with E-state index >= 15 is 0 Å². The van der Waals surface area contributed by atoms with Gasteiger partial charge in [0.1, 0.15) is 24.2 Å². The fraction of sp³-hybridized carbons (Fsp3) is 0.217. The van der Waals surface area contributed by atoms with E-state index in [-0.39, 0.29) is 83.2 Å². The molecule has 0 bridgehead atoms. The molecule has 0 spiro atoms. The molecule has 3 N–H and O–H groups in total. The van der Waals surface area contributed by atoms with Crippen molar-refractivity contribution in [2.75, 3.05) is 24.3 Å². The van der Waals surface area contributed by atoms with Crippen molar-refractivity contribution in [1.29, 1.82) is 0 Å². The van der Waals surface area contributed by atoms with Crippen molar-refractivity contribution >= 4 is 84.9 Å². The van der Waals surface area contributed by atoms with Crippen LogP contribution in [0.3, 0.4) is 0 Å². The number of carboxylic acid groups (broad SMARTS) is 1. The third-order valence-electron chi connectivity index (χ3n) is 5.91. The SMILES string of the molecule is CO/N=C(\C(=O)N[C@@H]1C(=O)N2C(C(=O)[O-])=C(CSc3cc(=O)c4cc(F)c(F)c(F)c4s3)CS[C@@H]12)c1csc(N)n1.[Na+]. The number of nitrogens with zero attached hydrogens (tertiary/aromatic N) is 3. The molecule has 2 aliphatic heterocycles. The Hall–Kier alpha value is -2.61. The van der Waals surface area contributed by atoms with E-state index in [1.807, 2.05) is 0 Å². The Balaban J connectivity index is 0.00000405. The van der Waals surface area contributed by atoms with Gasteiger partial charge in [-0.25, -0.2) is 18.2 Å². The van der Waals surface area contributed by atoms with Crippen LogP contribution in [0.15, 0.2) is 42.9 Å². The minimum absolute atomic E-state index is 0. The summed E-state index contributed by atoms with van der Waals surface area (Å²) in [5.41, 5.74) is 4.67. The first-order valence-corrected chi connectivity index (χ1v) is 15.0. The fourth-order valence-corrected chi connectivity index (χ4v) is 8.34. The summed E-state index contributed by atoms with van der Waals surface area (Å²) >= 11 is 3.92. The number of aromatic nitrogens is 1. The largest absolute Gasteiger partial charge is 1.00 e. The van der Waals surface area contributed by atoms with Gasteiger partial charge in [0.2, 0.25) is 0 Å². The van der Waals surface area contributed by atoms with E-state index in [0.29, 0.717) is 17.4 Å². The molecule has 19 heteroatoms. The van der Waals surface area contributed by atoms with Crippen molar-refractivity contribution in [2.24, 2.45) is 5.16 Å². The quantitative estimate of drug-likeness (QED) is 0.0705. The van der Waals surface area contributed by atoms with Crippen LogP contribution in [0.1, 0.15) is 5.69 Å². The summed E-state index contributed by atoms with van der Waals surface area (Å²) in [6.45, 7) is 0. The average Bonchev–Trinajstić information content (AvgIpc) is 3.37. The minimum Gasteiger partial charge on any atom is -0.543 e. The molecular formula is C23H15F3N5NaO6S4. The van der Waals surface area contributed by atoms with E-state index in [2.05, 4.69) is 15.5 Å². The third kappa shape index (κ3) is 5.93. The molecule has 2 aromatic heterocycles. The number of oxime groups is 1. The average molecular weight is 666 g/mol. The van der Waals surface area contributed by atoms with Crippen molar-refractivity contribution in [1.82, 2.24) is 15.2 Å². The monoisotopic (exact) mass is 665 g/mol. The van der Waals surface area contributed by atoms with Crippen molar-refractivity contribution in [3.8, 4) is 0 Å². The number of benzene rings is 1. The van der Waals surface area contributed by atoms with Gasteiger partial charge in [-0.1, -0.05) is 5.16 Å². The first-order valence-electron chi connectivity index (χ1n) is 11.3. The number of anilines is 1. The van der Waals surface area contributed by atoms with Crippen molar-refractivity contribution in [3.63, 3.8) is 0 Å². The number of nitrogens with one attached hydrogen (secondary N) is 1.